The Balaban J connectivity index is 2.21. The molecule has 0 spiro atoms. The van der Waals surface area contributed by atoms with Gasteiger partial charge in [0.25, 0.3) is 33.7 Å². The second-order valence-electron chi connectivity index (χ2n) is 9.66. The lowest BCUT2D eigenvalue weighted by atomic mass is 9.80. The maximum atomic E-state index is 12.7. The average Bonchev–Trinajstić information content (AvgIpc) is 3.26. The molecule has 1 fully saturated rings. The summed E-state index contributed by atoms with van der Waals surface area (Å²) < 4.78 is 40.1. The number of hydroxylamine groups is 2. The lowest BCUT2D eigenvalue weighted by molar-refractivity contribution is -0.198. The highest BCUT2D eigenvalue weighted by Crippen LogP contribution is 2.35. The molecule has 4 unspecified atom stereocenters. The molecule has 196 valence electrons. The molecule has 2 aliphatic rings. The van der Waals surface area contributed by atoms with E-state index in [4.69, 9.17) is 9.57 Å². The molecule has 4 amide bonds. The molecule has 2 heterocycles. The van der Waals surface area contributed by atoms with E-state index in [1.165, 1.54) is 19.1 Å². The maximum Gasteiger partial charge on any atom is 0.353 e. The Hall–Kier alpha value is -2.64. The first-order valence-corrected chi connectivity index (χ1v) is 12.7. The number of amides is 4. The van der Waals surface area contributed by atoms with E-state index >= 15 is 0 Å². The zero-order chi connectivity index (χ0) is 26.9. The minimum absolute atomic E-state index is 0.0789. The van der Waals surface area contributed by atoms with Crippen molar-refractivity contribution in [1.82, 2.24) is 9.96 Å². The number of ether oxygens (including phenoxy) is 1. The van der Waals surface area contributed by atoms with E-state index in [2.05, 4.69) is 0 Å². The highest BCUT2D eigenvalue weighted by molar-refractivity contribution is 7.87. The SMILES string of the molecule is CCC(C)(COC(C)(C)C(C)C(C)C(C(=O)ON1C(=O)CCC1=O)S(=O)(=O)O)N1C(=O)C=CC1=O. The Bertz CT molecular complexity index is 1020. The van der Waals surface area contributed by atoms with Crippen LogP contribution in [0.25, 0.3) is 0 Å². The molecule has 13 heteroatoms. The fourth-order valence-corrected chi connectivity index (χ4v) is 5.10. The Morgan fingerprint density at radius 3 is 1.97 bits per heavy atom. The summed E-state index contributed by atoms with van der Waals surface area (Å²) in [6.45, 7) is 9.64. The first-order chi connectivity index (χ1) is 16.0. The molecule has 4 atom stereocenters. The lowest BCUT2D eigenvalue weighted by Gasteiger charge is -2.42. The summed E-state index contributed by atoms with van der Waals surface area (Å²) in [5.41, 5.74) is -2.10. The van der Waals surface area contributed by atoms with Crippen molar-refractivity contribution in [3.63, 3.8) is 0 Å². The van der Waals surface area contributed by atoms with Gasteiger partial charge < -0.3 is 9.57 Å². The van der Waals surface area contributed by atoms with Crippen molar-refractivity contribution < 1.29 is 46.5 Å². The van der Waals surface area contributed by atoms with Gasteiger partial charge in [-0.1, -0.05) is 20.8 Å². The van der Waals surface area contributed by atoms with E-state index in [-0.39, 0.29) is 24.5 Å². The maximum absolute atomic E-state index is 12.7. The third kappa shape index (κ3) is 5.96. The van der Waals surface area contributed by atoms with Gasteiger partial charge in [-0.2, -0.15) is 8.42 Å². The first-order valence-electron chi connectivity index (χ1n) is 11.2. The van der Waals surface area contributed by atoms with Crippen molar-refractivity contribution in [3.05, 3.63) is 12.2 Å². The Kier molecular flexibility index (Phi) is 8.29. The second kappa shape index (κ2) is 10.2. The van der Waals surface area contributed by atoms with E-state index in [0.717, 1.165) is 4.90 Å². The molecule has 2 rings (SSSR count). The van der Waals surface area contributed by atoms with Gasteiger partial charge in [0.1, 0.15) is 0 Å². The molecule has 0 bridgehead atoms. The van der Waals surface area contributed by atoms with Crippen LogP contribution in [-0.2, 0) is 43.7 Å². The monoisotopic (exact) mass is 516 g/mol. The van der Waals surface area contributed by atoms with Gasteiger partial charge in [0.15, 0.2) is 5.25 Å². The minimum atomic E-state index is -5.01. The lowest BCUT2D eigenvalue weighted by Crippen LogP contribution is -2.55. The van der Waals surface area contributed by atoms with Gasteiger partial charge in [0.2, 0.25) is 0 Å². The van der Waals surface area contributed by atoms with Crippen molar-refractivity contribution in [2.75, 3.05) is 6.61 Å². The van der Waals surface area contributed by atoms with Crippen LogP contribution in [-0.4, -0.2) is 75.5 Å². The van der Waals surface area contributed by atoms with Crippen LogP contribution in [0, 0.1) is 11.8 Å². The third-order valence-corrected chi connectivity index (χ3v) is 8.23. The zero-order valence-corrected chi connectivity index (χ0v) is 21.5. The van der Waals surface area contributed by atoms with Crippen molar-refractivity contribution in [1.29, 1.82) is 0 Å². The third-order valence-electron chi connectivity index (χ3n) is 6.97. The molecule has 0 radical (unpaired) electrons. The molecule has 0 aromatic carbocycles. The van der Waals surface area contributed by atoms with E-state index < -0.39 is 67.9 Å². The smallest absolute Gasteiger partial charge is 0.353 e. The predicted molar refractivity (Wildman–Crippen MR) is 121 cm³/mol. The van der Waals surface area contributed by atoms with Crippen molar-refractivity contribution in [2.45, 2.75) is 77.2 Å². The summed E-state index contributed by atoms with van der Waals surface area (Å²) in [5.74, 6) is -5.79. The summed E-state index contributed by atoms with van der Waals surface area (Å²) in [6, 6.07) is 0. The zero-order valence-electron chi connectivity index (χ0n) is 20.6. The summed E-state index contributed by atoms with van der Waals surface area (Å²) >= 11 is 0. The van der Waals surface area contributed by atoms with Crippen LogP contribution in [0.2, 0.25) is 0 Å². The Labute approximate surface area is 204 Å². The summed E-state index contributed by atoms with van der Waals surface area (Å²) in [7, 11) is -5.01. The number of hydrogen-bond acceptors (Lipinski definition) is 9. The van der Waals surface area contributed by atoms with Crippen LogP contribution in [0.3, 0.4) is 0 Å². The fourth-order valence-electron chi connectivity index (χ4n) is 4.03. The second-order valence-corrected chi connectivity index (χ2v) is 11.2. The fraction of sp³-hybridized carbons (Fsp3) is 0.682. The molecule has 35 heavy (non-hydrogen) atoms. The standard InChI is InChI=1S/C22H32N2O10S/c1-7-22(6,23-15(25)8-9-16(23)26)12-33-21(4,5)14(3)13(2)19(35(30,31)32)20(29)34-24-17(27)10-11-18(24)28/h8-9,13-14,19H,7,10-12H2,1-6H3,(H,30,31,32). The number of hydrogen-bond donors (Lipinski definition) is 1. The number of carbonyl (C=O) groups excluding carboxylic acids is 5. The number of carbonyl (C=O) groups is 5. The van der Waals surface area contributed by atoms with Crippen LogP contribution in [0.15, 0.2) is 12.2 Å². The van der Waals surface area contributed by atoms with Gasteiger partial charge in [-0.05, 0) is 39.0 Å². The van der Waals surface area contributed by atoms with E-state index in [0.29, 0.717) is 6.42 Å². The van der Waals surface area contributed by atoms with Crippen LogP contribution in [0.5, 0.6) is 0 Å². The van der Waals surface area contributed by atoms with E-state index in [1.807, 2.05) is 0 Å². The molecule has 12 nitrogen and oxygen atoms in total. The quantitative estimate of drug-likeness (QED) is 0.309. The largest absolute Gasteiger partial charge is 0.373 e. The van der Waals surface area contributed by atoms with Gasteiger partial charge in [0.05, 0.1) is 17.7 Å². The van der Waals surface area contributed by atoms with Gasteiger partial charge in [0, 0.05) is 25.0 Å². The molecule has 2 aliphatic heterocycles. The molecule has 1 saturated heterocycles. The van der Waals surface area contributed by atoms with Crippen LogP contribution in [0.1, 0.15) is 60.8 Å². The highest BCUT2D eigenvalue weighted by atomic mass is 32.2. The number of imide groups is 2. The number of nitrogens with zero attached hydrogens (tertiary/aromatic N) is 2. The summed E-state index contributed by atoms with van der Waals surface area (Å²) in [6.07, 6.45) is 2.37. The van der Waals surface area contributed by atoms with Crippen molar-refractivity contribution >= 4 is 39.7 Å². The molecular weight excluding hydrogens is 484 g/mol. The molecule has 0 aromatic rings. The van der Waals surface area contributed by atoms with Gasteiger partial charge >= 0.3 is 5.97 Å². The molecule has 0 aliphatic carbocycles. The highest BCUT2D eigenvalue weighted by Gasteiger charge is 2.48. The average molecular weight is 517 g/mol. The van der Waals surface area contributed by atoms with Crippen molar-refractivity contribution in [3.8, 4) is 0 Å². The van der Waals surface area contributed by atoms with E-state index in [9.17, 15) is 36.9 Å². The molecule has 1 N–H and O–H groups in total. The van der Waals surface area contributed by atoms with Crippen LogP contribution >= 0.6 is 0 Å². The van der Waals surface area contributed by atoms with Gasteiger partial charge in [-0.15, -0.1) is 5.06 Å². The summed E-state index contributed by atoms with van der Waals surface area (Å²) in [4.78, 5) is 66.4. The van der Waals surface area contributed by atoms with Crippen molar-refractivity contribution in [2.24, 2.45) is 11.8 Å². The van der Waals surface area contributed by atoms with Crippen LogP contribution in [0.4, 0.5) is 0 Å². The predicted octanol–water partition coefficient (Wildman–Crippen LogP) is 1.01. The topological polar surface area (TPSA) is 165 Å². The summed E-state index contributed by atoms with van der Waals surface area (Å²) in [5, 5.41) is -1.89. The number of rotatable bonds is 11. The van der Waals surface area contributed by atoms with Gasteiger partial charge in [-0.3, -0.25) is 28.6 Å². The normalized spacial score (nSPS) is 21.3. The molecular formula is C22H32N2O10S. The minimum Gasteiger partial charge on any atom is -0.373 e. The van der Waals surface area contributed by atoms with Gasteiger partial charge in [-0.25, -0.2) is 4.79 Å². The molecule has 0 aromatic heterocycles. The Morgan fingerprint density at radius 2 is 1.54 bits per heavy atom. The molecule has 0 saturated carbocycles. The van der Waals surface area contributed by atoms with E-state index in [1.54, 1.807) is 34.6 Å². The first kappa shape index (κ1) is 28.6. The van der Waals surface area contributed by atoms with Crippen LogP contribution < -0.4 is 0 Å². The Morgan fingerprint density at radius 1 is 1.06 bits per heavy atom.